The van der Waals surface area contributed by atoms with E-state index in [1.165, 1.54) is 0 Å². The lowest BCUT2D eigenvalue weighted by molar-refractivity contribution is 0.824. The van der Waals surface area contributed by atoms with Crippen LogP contribution in [0.1, 0.15) is 5.56 Å². The molecule has 1 aromatic heterocycles. The molecule has 0 amide bonds. The molecule has 4 heteroatoms. The molecule has 0 unspecified atom stereocenters. The molecule has 3 aromatic rings. The average Bonchev–Trinajstić information content (AvgIpc) is 2.72. The van der Waals surface area contributed by atoms with Gasteiger partial charge in [-0.1, -0.05) is 30.3 Å². The third kappa shape index (κ3) is 1.91. The van der Waals surface area contributed by atoms with Crippen LogP contribution in [0.2, 0.25) is 0 Å². The lowest BCUT2D eigenvalue weighted by Gasteiger charge is -2.06. The van der Waals surface area contributed by atoms with Crippen LogP contribution in [0.5, 0.6) is 0 Å². The summed E-state index contributed by atoms with van der Waals surface area (Å²) in [5, 5.41) is 10.4. The predicted molar refractivity (Wildman–Crippen MR) is 81.1 cm³/mol. The van der Waals surface area contributed by atoms with Gasteiger partial charge in [0, 0.05) is 29.2 Å². The van der Waals surface area contributed by atoms with E-state index in [-0.39, 0.29) is 5.48 Å². The van der Waals surface area contributed by atoms with E-state index in [2.05, 4.69) is 6.07 Å². The lowest BCUT2D eigenvalue weighted by Crippen LogP contribution is -1.93. The Labute approximate surface area is 117 Å². The molecule has 0 saturated heterocycles. The van der Waals surface area contributed by atoms with Gasteiger partial charge in [0.2, 0.25) is 0 Å². The molecule has 20 heavy (non-hydrogen) atoms. The van der Waals surface area contributed by atoms with Crippen LogP contribution in [0.3, 0.4) is 0 Å². The van der Waals surface area contributed by atoms with Gasteiger partial charge in [-0.2, -0.15) is 5.26 Å². The summed E-state index contributed by atoms with van der Waals surface area (Å²) in [5.41, 5.74) is 10.2. The van der Waals surface area contributed by atoms with Gasteiger partial charge in [0.1, 0.15) is 6.07 Å². The third-order valence-electron chi connectivity index (χ3n) is 3.38. The minimum absolute atomic E-state index is 0. The fourth-order valence-electron chi connectivity index (χ4n) is 2.53. The third-order valence-corrected chi connectivity index (χ3v) is 3.38. The van der Waals surface area contributed by atoms with Gasteiger partial charge < -0.3 is 15.8 Å². The molecule has 4 N–H and O–H groups in total. The highest BCUT2D eigenvalue weighted by atomic mass is 16.0. The molecular formula is C16H15N3O. The second-order valence-electron chi connectivity index (χ2n) is 4.54. The minimum Gasteiger partial charge on any atom is -0.412 e. The maximum atomic E-state index is 9.47. The summed E-state index contributed by atoms with van der Waals surface area (Å²) in [4.78, 5) is 0. The van der Waals surface area contributed by atoms with E-state index in [4.69, 9.17) is 5.73 Å². The fraction of sp³-hybridized carbons (Fsp3) is 0.0625. The van der Waals surface area contributed by atoms with Gasteiger partial charge in [-0.25, -0.2) is 0 Å². The van der Waals surface area contributed by atoms with Crippen molar-refractivity contribution in [2.24, 2.45) is 7.05 Å². The van der Waals surface area contributed by atoms with Crippen LogP contribution in [0.25, 0.3) is 22.2 Å². The topological polar surface area (TPSA) is 86.2 Å². The van der Waals surface area contributed by atoms with Crippen molar-refractivity contribution in [3.63, 3.8) is 0 Å². The molecule has 0 aliphatic rings. The Balaban J connectivity index is 0.00000147. The Hall–Kier alpha value is -2.77. The maximum absolute atomic E-state index is 9.47. The Bertz CT molecular complexity index is 812. The SMILES string of the molecule is Cn1c(-c2cccc(N)c2)c(C#N)c2ccccc21.O. The first kappa shape index (κ1) is 13.7. The lowest BCUT2D eigenvalue weighted by atomic mass is 10.1. The molecule has 0 aliphatic carbocycles. The summed E-state index contributed by atoms with van der Waals surface area (Å²) in [6, 6.07) is 17.9. The number of nitrogens with zero attached hydrogens (tertiary/aromatic N) is 2. The summed E-state index contributed by atoms with van der Waals surface area (Å²) in [6.07, 6.45) is 0. The molecule has 0 radical (unpaired) electrons. The van der Waals surface area contributed by atoms with Crippen LogP contribution in [-0.4, -0.2) is 10.0 Å². The van der Waals surface area contributed by atoms with Crippen molar-refractivity contribution < 1.29 is 5.48 Å². The number of nitrogens with two attached hydrogens (primary N) is 1. The molecule has 100 valence electrons. The monoisotopic (exact) mass is 265 g/mol. The zero-order valence-corrected chi connectivity index (χ0v) is 11.1. The van der Waals surface area contributed by atoms with E-state index in [1.54, 1.807) is 0 Å². The van der Waals surface area contributed by atoms with Gasteiger partial charge in [-0.3, -0.25) is 0 Å². The van der Waals surface area contributed by atoms with E-state index in [9.17, 15) is 5.26 Å². The van der Waals surface area contributed by atoms with E-state index >= 15 is 0 Å². The van der Waals surface area contributed by atoms with E-state index in [0.717, 1.165) is 22.2 Å². The molecule has 4 nitrogen and oxygen atoms in total. The number of hydrogen-bond donors (Lipinski definition) is 1. The molecule has 0 fully saturated rings. The molecule has 0 atom stereocenters. The summed E-state index contributed by atoms with van der Waals surface area (Å²) >= 11 is 0. The Morgan fingerprint density at radius 3 is 2.55 bits per heavy atom. The molecular weight excluding hydrogens is 250 g/mol. The largest absolute Gasteiger partial charge is 0.412 e. The molecule has 0 saturated carbocycles. The number of aryl methyl sites for hydroxylation is 1. The van der Waals surface area contributed by atoms with Crippen molar-refractivity contribution in [2.75, 3.05) is 5.73 Å². The Morgan fingerprint density at radius 1 is 1.10 bits per heavy atom. The first-order valence-corrected chi connectivity index (χ1v) is 6.06. The van der Waals surface area contributed by atoms with Crippen LogP contribution in [0, 0.1) is 11.3 Å². The maximum Gasteiger partial charge on any atom is 0.102 e. The summed E-state index contributed by atoms with van der Waals surface area (Å²) < 4.78 is 2.04. The smallest absolute Gasteiger partial charge is 0.102 e. The Kier molecular flexibility index (Phi) is 3.47. The number of para-hydroxylation sites is 1. The van der Waals surface area contributed by atoms with Crippen molar-refractivity contribution >= 4 is 16.6 Å². The van der Waals surface area contributed by atoms with Crippen molar-refractivity contribution in [3.8, 4) is 17.3 Å². The van der Waals surface area contributed by atoms with Crippen LogP contribution >= 0.6 is 0 Å². The molecule has 0 bridgehead atoms. The van der Waals surface area contributed by atoms with Crippen molar-refractivity contribution in [1.29, 1.82) is 5.26 Å². The highest BCUT2D eigenvalue weighted by Crippen LogP contribution is 2.32. The number of nitriles is 1. The number of aromatic nitrogens is 1. The first-order chi connectivity index (χ1) is 9.22. The van der Waals surface area contributed by atoms with E-state index in [0.29, 0.717) is 11.3 Å². The fourth-order valence-corrected chi connectivity index (χ4v) is 2.53. The highest BCUT2D eigenvalue weighted by molar-refractivity contribution is 5.94. The zero-order chi connectivity index (χ0) is 13.4. The van der Waals surface area contributed by atoms with Gasteiger partial charge in [-0.05, 0) is 18.2 Å². The second-order valence-corrected chi connectivity index (χ2v) is 4.54. The van der Waals surface area contributed by atoms with E-state index in [1.807, 2.05) is 60.1 Å². The predicted octanol–water partition coefficient (Wildman–Crippen LogP) is 2.47. The number of nitrogen functional groups attached to an aromatic ring is 1. The summed E-state index contributed by atoms with van der Waals surface area (Å²) in [7, 11) is 1.97. The zero-order valence-electron chi connectivity index (χ0n) is 11.1. The van der Waals surface area contributed by atoms with Gasteiger partial charge >= 0.3 is 0 Å². The van der Waals surface area contributed by atoms with Gasteiger partial charge in [-0.15, -0.1) is 0 Å². The molecule has 0 aliphatic heterocycles. The van der Waals surface area contributed by atoms with Crippen LogP contribution < -0.4 is 5.73 Å². The molecule has 0 spiro atoms. The second kappa shape index (κ2) is 5.08. The molecule has 1 heterocycles. The Morgan fingerprint density at radius 2 is 1.85 bits per heavy atom. The van der Waals surface area contributed by atoms with Crippen molar-refractivity contribution in [3.05, 3.63) is 54.1 Å². The number of fused-ring (bicyclic) bond motifs is 1. The number of anilines is 1. The number of rotatable bonds is 1. The summed E-state index contributed by atoms with van der Waals surface area (Å²) in [6.45, 7) is 0. The minimum atomic E-state index is 0. The van der Waals surface area contributed by atoms with Gasteiger partial charge in [0.05, 0.1) is 11.3 Å². The highest BCUT2D eigenvalue weighted by Gasteiger charge is 2.15. The molecule has 3 rings (SSSR count). The van der Waals surface area contributed by atoms with Gasteiger partial charge in [0.25, 0.3) is 0 Å². The van der Waals surface area contributed by atoms with E-state index < -0.39 is 0 Å². The number of benzene rings is 2. The quantitative estimate of drug-likeness (QED) is 0.685. The van der Waals surface area contributed by atoms with Crippen molar-refractivity contribution in [2.45, 2.75) is 0 Å². The van der Waals surface area contributed by atoms with Gasteiger partial charge in [0.15, 0.2) is 0 Å². The van der Waals surface area contributed by atoms with Crippen LogP contribution in [0.4, 0.5) is 5.69 Å². The first-order valence-electron chi connectivity index (χ1n) is 6.06. The molecule has 2 aromatic carbocycles. The van der Waals surface area contributed by atoms with Crippen LogP contribution in [-0.2, 0) is 7.05 Å². The average molecular weight is 265 g/mol. The summed E-state index contributed by atoms with van der Waals surface area (Å²) in [5.74, 6) is 0. The standard InChI is InChI=1S/C16H13N3.H2O/c1-19-15-8-3-2-7-13(15)14(10-17)16(19)11-5-4-6-12(18)9-11;/h2-9H,18H2,1H3;1H2. The van der Waals surface area contributed by atoms with Crippen LogP contribution in [0.15, 0.2) is 48.5 Å². The number of hydrogen-bond acceptors (Lipinski definition) is 2. The normalized spacial score (nSPS) is 10.0. The van der Waals surface area contributed by atoms with Crippen molar-refractivity contribution in [1.82, 2.24) is 4.57 Å².